The van der Waals surface area contributed by atoms with Crippen molar-refractivity contribution in [1.29, 1.82) is 0 Å². The molecule has 2 aromatic heterocycles. The number of pyridine rings is 1. The molecule has 0 spiro atoms. The van der Waals surface area contributed by atoms with Crippen LogP contribution in [0, 0.1) is 12.8 Å². The minimum absolute atomic E-state index is 0.0555. The van der Waals surface area contributed by atoms with Gasteiger partial charge in [-0.15, -0.1) is 0 Å². The Balaban J connectivity index is 1.38. The first-order valence-corrected chi connectivity index (χ1v) is 9.44. The van der Waals surface area contributed by atoms with Crippen molar-refractivity contribution in [3.63, 3.8) is 0 Å². The molecule has 4 rings (SSSR count). The predicted molar refractivity (Wildman–Crippen MR) is 96.4 cm³/mol. The second-order valence-electron chi connectivity index (χ2n) is 7.47. The largest absolute Gasteiger partial charge is 0.337 e. The second-order valence-corrected chi connectivity index (χ2v) is 7.47. The summed E-state index contributed by atoms with van der Waals surface area (Å²) in [7, 11) is 0. The number of hydrogen-bond acceptors (Lipinski definition) is 3. The molecule has 132 valence electrons. The molecule has 1 saturated carbocycles. The van der Waals surface area contributed by atoms with Gasteiger partial charge in [0.2, 0.25) is 0 Å². The van der Waals surface area contributed by atoms with E-state index in [0.29, 0.717) is 11.6 Å². The SMILES string of the molecule is Cc1cccc(C(=O)N2CCC(c3nccn3CC3CCC3)CC2)n1. The number of likely N-dealkylation sites (tertiary alicyclic amines) is 1. The lowest BCUT2D eigenvalue weighted by molar-refractivity contribution is 0.0703. The fourth-order valence-corrected chi connectivity index (χ4v) is 3.95. The Bertz CT molecular complexity index is 742. The van der Waals surface area contributed by atoms with E-state index in [2.05, 4.69) is 20.7 Å². The van der Waals surface area contributed by atoms with Crippen molar-refractivity contribution in [2.75, 3.05) is 13.1 Å². The molecule has 5 nitrogen and oxygen atoms in total. The summed E-state index contributed by atoms with van der Waals surface area (Å²) in [6.45, 7) is 4.61. The summed E-state index contributed by atoms with van der Waals surface area (Å²) < 4.78 is 2.36. The molecule has 1 saturated heterocycles. The topological polar surface area (TPSA) is 51.0 Å². The summed E-state index contributed by atoms with van der Waals surface area (Å²) in [6, 6.07) is 5.64. The zero-order valence-corrected chi connectivity index (χ0v) is 14.9. The van der Waals surface area contributed by atoms with Crippen LogP contribution in [0.4, 0.5) is 0 Å². The molecule has 1 aliphatic heterocycles. The molecule has 1 amide bonds. The average Bonchev–Trinajstić information content (AvgIpc) is 3.06. The van der Waals surface area contributed by atoms with Crippen molar-refractivity contribution in [1.82, 2.24) is 19.4 Å². The Labute approximate surface area is 149 Å². The number of imidazole rings is 1. The van der Waals surface area contributed by atoms with E-state index in [0.717, 1.165) is 44.1 Å². The fourth-order valence-electron chi connectivity index (χ4n) is 3.95. The van der Waals surface area contributed by atoms with Crippen molar-refractivity contribution in [3.8, 4) is 0 Å². The summed E-state index contributed by atoms with van der Waals surface area (Å²) in [5, 5.41) is 0. The molecule has 0 atom stereocenters. The van der Waals surface area contributed by atoms with E-state index >= 15 is 0 Å². The maximum Gasteiger partial charge on any atom is 0.272 e. The van der Waals surface area contributed by atoms with E-state index in [1.54, 1.807) is 0 Å². The molecule has 0 radical (unpaired) electrons. The van der Waals surface area contributed by atoms with Crippen molar-refractivity contribution < 1.29 is 4.79 Å². The van der Waals surface area contributed by atoms with E-state index in [-0.39, 0.29) is 5.91 Å². The maximum absolute atomic E-state index is 12.6. The summed E-state index contributed by atoms with van der Waals surface area (Å²) in [5.74, 6) is 2.57. The second kappa shape index (κ2) is 6.98. The van der Waals surface area contributed by atoms with E-state index in [9.17, 15) is 4.79 Å². The van der Waals surface area contributed by atoms with Crippen LogP contribution in [-0.4, -0.2) is 38.4 Å². The number of nitrogens with zero attached hydrogens (tertiary/aromatic N) is 4. The van der Waals surface area contributed by atoms with Gasteiger partial charge in [0, 0.05) is 43.6 Å². The minimum Gasteiger partial charge on any atom is -0.337 e. The average molecular weight is 338 g/mol. The van der Waals surface area contributed by atoms with Crippen LogP contribution < -0.4 is 0 Å². The molecular weight excluding hydrogens is 312 g/mol. The Morgan fingerprint density at radius 3 is 2.68 bits per heavy atom. The van der Waals surface area contributed by atoms with Crippen molar-refractivity contribution in [2.24, 2.45) is 5.92 Å². The van der Waals surface area contributed by atoms with Crippen LogP contribution in [0.3, 0.4) is 0 Å². The number of amides is 1. The first kappa shape index (κ1) is 16.3. The van der Waals surface area contributed by atoms with Gasteiger partial charge in [0.1, 0.15) is 11.5 Å². The van der Waals surface area contributed by atoms with Gasteiger partial charge < -0.3 is 9.47 Å². The molecule has 5 heteroatoms. The molecule has 2 fully saturated rings. The Morgan fingerprint density at radius 1 is 1.20 bits per heavy atom. The molecule has 2 aliphatic rings. The lowest BCUT2D eigenvalue weighted by Gasteiger charge is -2.33. The van der Waals surface area contributed by atoms with Gasteiger partial charge in [0.15, 0.2) is 0 Å². The number of carbonyl (C=O) groups excluding carboxylic acids is 1. The van der Waals surface area contributed by atoms with Gasteiger partial charge in [-0.3, -0.25) is 4.79 Å². The standard InChI is InChI=1S/C20H26N4O/c1-15-4-2-7-18(22-15)20(25)23-11-8-17(9-12-23)19-21-10-13-24(19)14-16-5-3-6-16/h2,4,7,10,13,16-17H,3,5-6,8-9,11-12,14H2,1H3. The van der Waals surface area contributed by atoms with Crippen LogP contribution in [0.2, 0.25) is 0 Å². The molecule has 0 unspecified atom stereocenters. The van der Waals surface area contributed by atoms with E-state index in [4.69, 9.17) is 0 Å². The molecule has 0 aromatic carbocycles. The zero-order chi connectivity index (χ0) is 17.2. The van der Waals surface area contributed by atoms with Crippen LogP contribution in [0.1, 0.15) is 60.0 Å². The van der Waals surface area contributed by atoms with Gasteiger partial charge in [-0.05, 0) is 50.7 Å². The first-order chi connectivity index (χ1) is 12.2. The number of aromatic nitrogens is 3. The molecular formula is C20H26N4O. The molecule has 25 heavy (non-hydrogen) atoms. The highest BCUT2D eigenvalue weighted by Gasteiger charge is 2.28. The van der Waals surface area contributed by atoms with Gasteiger partial charge in [-0.2, -0.15) is 0 Å². The molecule has 0 bridgehead atoms. The summed E-state index contributed by atoms with van der Waals surface area (Å²) in [6.07, 6.45) is 10.1. The van der Waals surface area contributed by atoms with Gasteiger partial charge in [-0.1, -0.05) is 12.5 Å². The monoisotopic (exact) mass is 338 g/mol. The lowest BCUT2D eigenvalue weighted by atomic mass is 9.85. The zero-order valence-electron chi connectivity index (χ0n) is 14.9. The van der Waals surface area contributed by atoms with Crippen molar-refractivity contribution >= 4 is 5.91 Å². The number of hydrogen-bond donors (Lipinski definition) is 0. The smallest absolute Gasteiger partial charge is 0.272 e. The van der Waals surface area contributed by atoms with E-state index in [1.165, 1.54) is 25.1 Å². The predicted octanol–water partition coefficient (Wildman–Crippen LogP) is 3.41. The lowest BCUT2D eigenvalue weighted by Crippen LogP contribution is -2.39. The van der Waals surface area contributed by atoms with Gasteiger partial charge in [0.05, 0.1) is 0 Å². The van der Waals surface area contributed by atoms with Crippen molar-refractivity contribution in [3.05, 3.63) is 47.8 Å². The Hall–Kier alpha value is -2.17. The van der Waals surface area contributed by atoms with Crippen molar-refractivity contribution in [2.45, 2.75) is 51.5 Å². The highest BCUT2D eigenvalue weighted by Crippen LogP contribution is 2.31. The van der Waals surface area contributed by atoms with Gasteiger partial charge in [-0.25, -0.2) is 9.97 Å². The molecule has 0 N–H and O–H groups in total. The third-order valence-electron chi connectivity index (χ3n) is 5.68. The summed E-state index contributed by atoms with van der Waals surface area (Å²) >= 11 is 0. The highest BCUT2D eigenvalue weighted by molar-refractivity contribution is 5.92. The third-order valence-corrected chi connectivity index (χ3v) is 5.68. The molecule has 3 heterocycles. The summed E-state index contributed by atoms with van der Waals surface area (Å²) in [4.78, 5) is 23.6. The molecule has 2 aromatic rings. The fraction of sp³-hybridized carbons (Fsp3) is 0.550. The molecule has 1 aliphatic carbocycles. The van der Waals surface area contributed by atoms with Gasteiger partial charge >= 0.3 is 0 Å². The normalized spacial score (nSPS) is 19.0. The van der Waals surface area contributed by atoms with Crippen LogP contribution in [0.15, 0.2) is 30.6 Å². The highest BCUT2D eigenvalue weighted by atomic mass is 16.2. The minimum atomic E-state index is 0.0555. The van der Waals surface area contributed by atoms with E-state index in [1.807, 2.05) is 36.2 Å². The quantitative estimate of drug-likeness (QED) is 0.858. The Kier molecular flexibility index (Phi) is 4.55. The third kappa shape index (κ3) is 3.46. The number of aryl methyl sites for hydroxylation is 1. The first-order valence-electron chi connectivity index (χ1n) is 9.44. The Morgan fingerprint density at radius 2 is 2.00 bits per heavy atom. The van der Waals surface area contributed by atoms with Crippen LogP contribution in [-0.2, 0) is 6.54 Å². The number of rotatable bonds is 4. The summed E-state index contributed by atoms with van der Waals surface area (Å²) in [5.41, 5.74) is 1.45. The number of carbonyl (C=O) groups is 1. The van der Waals surface area contributed by atoms with Crippen LogP contribution in [0.5, 0.6) is 0 Å². The number of piperidine rings is 1. The van der Waals surface area contributed by atoms with Crippen LogP contribution in [0.25, 0.3) is 0 Å². The van der Waals surface area contributed by atoms with Crippen LogP contribution >= 0.6 is 0 Å². The van der Waals surface area contributed by atoms with E-state index < -0.39 is 0 Å². The van der Waals surface area contributed by atoms with Gasteiger partial charge in [0.25, 0.3) is 5.91 Å². The maximum atomic E-state index is 12.6.